The van der Waals surface area contributed by atoms with Gasteiger partial charge in [0, 0.05) is 34.1 Å². The number of nitrogens with zero attached hydrogens (tertiary/aromatic N) is 3. The van der Waals surface area contributed by atoms with Crippen molar-refractivity contribution in [2.75, 3.05) is 7.11 Å². The summed E-state index contributed by atoms with van der Waals surface area (Å²) >= 11 is 0. The minimum atomic E-state index is 0.142. The van der Waals surface area contributed by atoms with Crippen molar-refractivity contribution in [1.29, 1.82) is 0 Å². The highest BCUT2D eigenvalue weighted by atomic mass is 16.5. The molecule has 3 aromatic carbocycles. The normalized spacial score (nSPS) is 10.9. The van der Waals surface area contributed by atoms with E-state index >= 15 is 0 Å². The molecule has 0 aliphatic carbocycles. The topological polar surface area (TPSA) is 85.2 Å². The molecular weight excluding hydrogens is 440 g/mol. The van der Waals surface area contributed by atoms with Gasteiger partial charge in [-0.05, 0) is 55.8 Å². The van der Waals surface area contributed by atoms with Gasteiger partial charge in [0.1, 0.15) is 29.5 Å². The number of ether oxygens (including phenoxy) is 2. The summed E-state index contributed by atoms with van der Waals surface area (Å²) in [4.78, 5) is 0. The Kier molecular flexibility index (Phi) is 5.97. The summed E-state index contributed by atoms with van der Waals surface area (Å²) in [5.41, 5.74) is 6.73. The van der Waals surface area contributed by atoms with Crippen LogP contribution in [0.2, 0.25) is 0 Å². The fourth-order valence-electron chi connectivity index (χ4n) is 4.08. The van der Waals surface area contributed by atoms with E-state index < -0.39 is 0 Å². The molecule has 0 radical (unpaired) electrons. The van der Waals surface area contributed by atoms with Gasteiger partial charge in [0.2, 0.25) is 0 Å². The summed E-state index contributed by atoms with van der Waals surface area (Å²) in [5.74, 6) is 1.53. The molecular formula is C28H26N4O3. The number of aromatic nitrogens is 4. The fourth-order valence-corrected chi connectivity index (χ4v) is 4.08. The Bertz CT molecular complexity index is 1450. The van der Waals surface area contributed by atoms with E-state index in [9.17, 15) is 5.11 Å². The van der Waals surface area contributed by atoms with Crippen molar-refractivity contribution in [3.63, 3.8) is 0 Å². The molecule has 176 valence electrons. The minimum absolute atomic E-state index is 0.142. The molecule has 2 aromatic heterocycles. The second-order valence-corrected chi connectivity index (χ2v) is 8.30. The van der Waals surface area contributed by atoms with Crippen LogP contribution in [-0.2, 0) is 6.61 Å². The van der Waals surface area contributed by atoms with Gasteiger partial charge in [-0.2, -0.15) is 10.2 Å². The predicted molar refractivity (Wildman–Crippen MR) is 135 cm³/mol. The molecule has 0 atom stereocenters. The molecule has 0 bridgehead atoms. The summed E-state index contributed by atoms with van der Waals surface area (Å²) in [7, 11) is 1.64. The Balaban J connectivity index is 1.39. The Labute approximate surface area is 203 Å². The lowest BCUT2D eigenvalue weighted by Crippen LogP contribution is -1.98. The smallest absolute Gasteiger partial charge is 0.131 e. The number of hydrogen-bond acceptors (Lipinski definition) is 5. The Morgan fingerprint density at radius 3 is 2.49 bits per heavy atom. The number of aromatic amines is 1. The first kappa shape index (κ1) is 22.3. The molecule has 0 spiro atoms. The molecule has 7 nitrogen and oxygen atoms in total. The number of H-pyrrole nitrogens is 1. The van der Waals surface area contributed by atoms with Crippen LogP contribution in [0, 0.1) is 13.8 Å². The Morgan fingerprint density at radius 1 is 0.971 bits per heavy atom. The number of phenolic OH excluding ortho intramolecular Hbond substituents is 1. The molecule has 5 rings (SSSR count). The van der Waals surface area contributed by atoms with Gasteiger partial charge >= 0.3 is 0 Å². The number of rotatable bonds is 7. The van der Waals surface area contributed by atoms with Crippen LogP contribution in [0.4, 0.5) is 0 Å². The van der Waals surface area contributed by atoms with Crippen molar-refractivity contribution in [3.8, 4) is 45.3 Å². The lowest BCUT2D eigenvalue weighted by Gasteiger charge is -2.13. The Hall–Kier alpha value is -4.52. The molecule has 5 aromatic rings. The summed E-state index contributed by atoms with van der Waals surface area (Å²) < 4.78 is 13.1. The number of nitrogens with one attached hydrogen (secondary N) is 1. The number of aryl methyl sites for hydroxylation is 1. The number of hydrogen-bond donors (Lipinski definition) is 2. The average Bonchev–Trinajstić information content (AvgIpc) is 3.52. The largest absolute Gasteiger partial charge is 0.507 e. The highest BCUT2D eigenvalue weighted by molar-refractivity contribution is 5.86. The molecule has 0 saturated carbocycles. The number of methoxy groups -OCH3 is 1. The third-order valence-electron chi connectivity index (χ3n) is 6.01. The second kappa shape index (κ2) is 9.38. The first-order valence-electron chi connectivity index (χ1n) is 11.3. The maximum absolute atomic E-state index is 11.1. The number of aromatic hydroxyl groups is 1. The van der Waals surface area contributed by atoms with Gasteiger partial charge in [-0.25, -0.2) is 4.68 Å². The van der Waals surface area contributed by atoms with Crippen molar-refractivity contribution in [1.82, 2.24) is 20.0 Å². The van der Waals surface area contributed by atoms with Gasteiger partial charge in [-0.3, -0.25) is 5.10 Å². The lowest BCUT2D eigenvalue weighted by molar-refractivity contribution is 0.302. The maximum Gasteiger partial charge on any atom is 0.131 e. The van der Waals surface area contributed by atoms with E-state index in [1.54, 1.807) is 13.3 Å². The number of phenols is 1. The second-order valence-electron chi connectivity index (χ2n) is 8.30. The lowest BCUT2D eigenvalue weighted by atomic mass is 9.97. The van der Waals surface area contributed by atoms with Crippen LogP contribution in [-0.4, -0.2) is 32.2 Å². The molecule has 0 aliphatic rings. The van der Waals surface area contributed by atoms with Crippen molar-refractivity contribution >= 4 is 0 Å². The van der Waals surface area contributed by atoms with Gasteiger partial charge < -0.3 is 14.6 Å². The first-order chi connectivity index (χ1) is 17.0. The standard InChI is InChI=1S/C28H26N4O3/c1-18-25(35-17-20-15-29-32(16-20)22-7-5-4-6-8-22)14-13-24(28(18)33)27-26(19(2)30-31-27)21-9-11-23(34-3)12-10-21/h4-16,33H,17H2,1-3H3,(H,30,31). The minimum Gasteiger partial charge on any atom is -0.507 e. The van der Waals surface area contributed by atoms with Crippen LogP contribution >= 0.6 is 0 Å². The van der Waals surface area contributed by atoms with Crippen molar-refractivity contribution in [2.24, 2.45) is 0 Å². The zero-order valence-corrected chi connectivity index (χ0v) is 19.8. The fraction of sp³-hybridized carbons (Fsp3) is 0.143. The van der Waals surface area contributed by atoms with Crippen molar-refractivity contribution in [2.45, 2.75) is 20.5 Å². The highest BCUT2D eigenvalue weighted by Gasteiger charge is 2.20. The molecule has 7 heteroatoms. The highest BCUT2D eigenvalue weighted by Crippen LogP contribution is 2.41. The van der Waals surface area contributed by atoms with Crippen LogP contribution in [0.15, 0.2) is 79.1 Å². The molecule has 2 N–H and O–H groups in total. The predicted octanol–water partition coefficient (Wildman–Crippen LogP) is 5.84. The van der Waals surface area contributed by atoms with Gasteiger partial charge in [-0.1, -0.05) is 30.3 Å². The van der Waals surface area contributed by atoms with Crippen LogP contribution < -0.4 is 9.47 Å². The third kappa shape index (κ3) is 4.36. The summed E-state index contributed by atoms with van der Waals surface area (Å²) in [6.45, 7) is 4.15. The number of benzene rings is 3. The summed E-state index contributed by atoms with van der Waals surface area (Å²) in [6.07, 6.45) is 3.72. The molecule has 0 amide bonds. The van der Waals surface area contributed by atoms with Gasteiger partial charge in [-0.15, -0.1) is 0 Å². The van der Waals surface area contributed by atoms with Gasteiger partial charge in [0.05, 0.1) is 19.0 Å². The van der Waals surface area contributed by atoms with E-state index in [1.807, 2.05) is 91.5 Å². The molecule has 0 fully saturated rings. The first-order valence-corrected chi connectivity index (χ1v) is 11.3. The quantitative estimate of drug-likeness (QED) is 0.315. The van der Waals surface area contributed by atoms with Crippen molar-refractivity contribution < 1.29 is 14.6 Å². The van der Waals surface area contributed by atoms with E-state index in [-0.39, 0.29) is 5.75 Å². The van der Waals surface area contributed by atoms with Gasteiger partial charge in [0.15, 0.2) is 0 Å². The maximum atomic E-state index is 11.1. The SMILES string of the molecule is COc1ccc(-c2c(-c3ccc(OCc4cnn(-c5ccccc5)c4)c(C)c3O)n[nH]c2C)cc1. The van der Waals surface area contributed by atoms with Crippen molar-refractivity contribution in [3.05, 3.63) is 95.9 Å². The van der Waals surface area contributed by atoms with Crippen LogP contribution in [0.5, 0.6) is 17.2 Å². The van der Waals surface area contributed by atoms with Crippen LogP contribution in [0.1, 0.15) is 16.8 Å². The van der Waals surface area contributed by atoms with E-state index in [2.05, 4.69) is 15.3 Å². The zero-order valence-electron chi connectivity index (χ0n) is 19.8. The third-order valence-corrected chi connectivity index (χ3v) is 6.01. The molecule has 0 saturated heterocycles. The van der Waals surface area contributed by atoms with E-state index in [4.69, 9.17) is 9.47 Å². The van der Waals surface area contributed by atoms with E-state index in [0.717, 1.165) is 33.8 Å². The molecule has 0 aliphatic heterocycles. The molecule has 0 unspecified atom stereocenters. The summed E-state index contributed by atoms with van der Waals surface area (Å²) in [6, 6.07) is 21.4. The summed E-state index contributed by atoms with van der Waals surface area (Å²) in [5, 5.41) is 23.0. The zero-order chi connectivity index (χ0) is 24.4. The number of para-hydroxylation sites is 1. The van der Waals surface area contributed by atoms with Crippen LogP contribution in [0.3, 0.4) is 0 Å². The monoisotopic (exact) mass is 466 g/mol. The molecule has 35 heavy (non-hydrogen) atoms. The van der Waals surface area contributed by atoms with Crippen LogP contribution in [0.25, 0.3) is 28.1 Å². The van der Waals surface area contributed by atoms with E-state index in [1.165, 1.54) is 0 Å². The van der Waals surface area contributed by atoms with E-state index in [0.29, 0.717) is 29.2 Å². The molecule has 2 heterocycles. The van der Waals surface area contributed by atoms with Gasteiger partial charge in [0.25, 0.3) is 0 Å². The Morgan fingerprint density at radius 2 is 1.74 bits per heavy atom. The average molecular weight is 467 g/mol.